The molecule has 0 fully saturated rings. The van der Waals surface area contributed by atoms with E-state index in [1.54, 1.807) is 13.2 Å². The number of halogens is 1. The number of carbonyl (C=O) groups excluding carboxylic acids is 1. The second kappa shape index (κ2) is 5.87. The molecule has 0 aliphatic heterocycles. The monoisotopic (exact) mass is 361 g/mol. The highest BCUT2D eigenvalue weighted by molar-refractivity contribution is 9.10. The third-order valence-corrected chi connectivity index (χ3v) is 4.75. The number of methoxy groups -OCH3 is 1. The van der Waals surface area contributed by atoms with Crippen molar-refractivity contribution < 1.29 is 9.53 Å². The van der Waals surface area contributed by atoms with Gasteiger partial charge in [0, 0.05) is 27.0 Å². The largest absolute Gasteiger partial charge is 0.496 e. The van der Waals surface area contributed by atoms with E-state index in [2.05, 4.69) is 21.2 Å². The van der Waals surface area contributed by atoms with Gasteiger partial charge in [-0.1, -0.05) is 40.2 Å². The molecule has 0 unspecified atom stereocenters. The van der Waals surface area contributed by atoms with Crippen LogP contribution < -0.4 is 10.1 Å². The van der Waals surface area contributed by atoms with Crippen LogP contribution in [0, 0.1) is 0 Å². The molecule has 0 aliphatic carbocycles. The molecule has 0 spiro atoms. The fourth-order valence-corrected chi connectivity index (χ4v) is 3.33. The zero-order valence-electron chi connectivity index (χ0n) is 11.2. The second-order valence-corrected chi connectivity index (χ2v) is 6.21. The Kier molecular flexibility index (Phi) is 3.94. The summed E-state index contributed by atoms with van der Waals surface area (Å²) in [6.45, 7) is 0. The highest BCUT2D eigenvalue weighted by Gasteiger charge is 2.12. The van der Waals surface area contributed by atoms with Gasteiger partial charge in [0.15, 0.2) is 0 Å². The summed E-state index contributed by atoms with van der Waals surface area (Å²) in [6.07, 6.45) is 0. The van der Waals surface area contributed by atoms with Crippen LogP contribution in [0.1, 0.15) is 9.67 Å². The van der Waals surface area contributed by atoms with Crippen LogP contribution in [0.4, 0.5) is 5.69 Å². The lowest BCUT2D eigenvalue weighted by atomic mass is 10.1. The van der Waals surface area contributed by atoms with Gasteiger partial charge in [-0.3, -0.25) is 4.79 Å². The number of amides is 1. The van der Waals surface area contributed by atoms with E-state index in [0.717, 1.165) is 20.9 Å². The first-order chi connectivity index (χ1) is 10.2. The van der Waals surface area contributed by atoms with Crippen molar-refractivity contribution in [1.82, 2.24) is 0 Å². The normalized spacial score (nSPS) is 10.6. The molecule has 0 bridgehead atoms. The molecule has 3 aromatic rings. The molecule has 1 aromatic heterocycles. The van der Waals surface area contributed by atoms with Crippen molar-refractivity contribution in [1.29, 1.82) is 0 Å². The maximum Gasteiger partial charge on any atom is 0.265 e. The minimum absolute atomic E-state index is 0.129. The molecular weight excluding hydrogens is 350 g/mol. The number of nitrogens with one attached hydrogen (secondary N) is 1. The van der Waals surface area contributed by atoms with Crippen LogP contribution >= 0.6 is 27.3 Å². The van der Waals surface area contributed by atoms with Gasteiger partial charge < -0.3 is 10.1 Å². The lowest BCUT2D eigenvalue weighted by molar-refractivity contribution is 0.103. The van der Waals surface area contributed by atoms with Crippen molar-refractivity contribution in [2.45, 2.75) is 0 Å². The Morgan fingerprint density at radius 1 is 1.19 bits per heavy atom. The topological polar surface area (TPSA) is 38.3 Å². The first-order valence-corrected chi connectivity index (χ1v) is 7.97. The van der Waals surface area contributed by atoms with Crippen LogP contribution in [0.25, 0.3) is 10.8 Å². The Morgan fingerprint density at radius 2 is 1.95 bits per heavy atom. The summed E-state index contributed by atoms with van der Waals surface area (Å²) in [5, 5.41) is 6.85. The van der Waals surface area contributed by atoms with Gasteiger partial charge in [0.1, 0.15) is 5.75 Å². The van der Waals surface area contributed by atoms with Crippen molar-refractivity contribution in [3.8, 4) is 5.75 Å². The highest BCUT2D eigenvalue weighted by atomic mass is 79.9. The Labute approximate surface area is 134 Å². The minimum atomic E-state index is -0.129. The molecule has 1 amide bonds. The molecular formula is C16H12BrNO2S. The van der Waals surface area contributed by atoms with Gasteiger partial charge in [-0.05, 0) is 17.5 Å². The molecule has 1 N–H and O–H groups in total. The standard InChI is InChI=1S/C16H12BrNO2S/c1-20-10-8-15(21-9-10)16(19)18-14-7-6-13(17)11-4-2-3-5-12(11)14/h2-9H,1H3,(H,18,19). The first-order valence-electron chi connectivity index (χ1n) is 6.30. The Hall–Kier alpha value is -1.85. The number of fused-ring (bicyclic) bond motifs is 1. The molecule has 106 valence electrons. The lowest BCUT2D eigenvalue weighted by Crippen LogP contribution is -2.10. The van der Waals surface area contributed by atoms with Crippen LogP contribution in [0.2, 0.25) is 0 Å². The van der Waals surface area contributed by atoms with Gasteiger partial charge in [0.05, 0.1) is 12.0 Å². The molecule has 0 atom stereocenters. The quantitative estimate of drug-likeness (QED) is 0.718. The maximum absolute atomic E-state index is 12.3. The van der Waals surface area contributed by atoms with Gasteiger partial charge in [-0.25, -0.2) is 0 Å². The Morgan fingerprint density at radius 3 is 2.67 bits per heavy atom. The number of rotatable bonds is 3. The van der Waals surface area contributed by atoms with Crippen molar-refractivity contribution >= 4 is 49.6 Å². The van der Waals surface area contributed by atoms with Gasteiger partial charge in [-0.15, -0.1) is 11.3 Å². The average molecular weight is 362 g/mol. The van der Waals surface area contributed by atoms with Crippen molar-refractivity contribution in [2.75, 3.05) is 12.4 Å². The van der Waals surface area contributed by atoms with Crippen LogP contribution in [-0.2, 0) is 0 Å². The highest BCUT2D eigenvalue weighted by Crippen LogP contribution is 2.31. The lowest BCUT2D eigenvalue weighted by Gasteiger charge is -2.09. The maximum atomic E-state index is 12.3. The van der Waals surface area contributed by atoms with E-state index >= 15 is 0 Å². The second-order valence-electron chi connectivity index (χ2n) is 4.45. The molecule has 3 nitrogen and oxygen atoms in total. The van der Waals surface area contributed by atoms with E-state index in [-0.39, 0.29) is 5.91 Å². The summed E-state index contributed by atoms with van der Waals surface area (Å²) in [6, 6.07) is 13.5. The average Bonchev–Trinajstić information content (AvgIpc) is 2.99. The number of benzene rings is 2. The van der Waals surface area contributed by atoms with E-state index < -0.39 is 0 Å². The van der Waals surface area contributed by atoms with Gasteiger partial charge >= 0.3 is 0 Å². The number of thiophene rings is 1. The molecule has 2 aromatic carbocycles. The summed E-state index contributed by atoms with van der Waals surface area (Å²) in [5.74, 6) is 0.571. The molecule has 0 radical (unpaired) electrons. The predicted octanol–water partition coefficient (Wildman–Crippen LogP) is 4.92. The SMILES string of the molecule is COc1csc(C(=O)Nc2ccc(Br)c3ccccc23)c1. The number of hydrogen-bond donors (Lipinski definition) is 1. The third kappa shape index (κ3) is 2.80. The zero-order chi connectivity index (χ0) is 14.8. The summed E-state index contributed by atoms with van der Waals surface area (Å²) < 4.78 is 6.11. The van der Waals surface area contributed by atoms with E-state index in [4.69, 9.17) is 4.74 Å². The molecule has 5 heteroatoms. The summed E-state index contributed by atoms with van der Waals surface area (Å²) in [7, 11) is 1.59. The van der Waals surface area contributed by atoms with Crippen LogP contribution in [0.3, 0.4) is 0 Å². The predicted molar refractivity (Wildman–Crippen MR) is 90.5 cm³/mol. The van der Waals surface area contributed by atoms with Crippen LogP contribution in [-0.4, -0.2) is 13.0 Å². The van der Waals surface area contributed by atoms with Crippen molar-refractivity contribution in [3.05, 3.63) is 57.2 Å². The van der Waals surface area contributed by atoms with Crippen molar-refractivity contribution in [2.24, 2.45) is 0 Å². The number of hydrogen-bond acceptors (Lipinski definition) is 3. The molecule has 0 saturated heterocycles. The zero-order valence-corrected chi connectivity index (χ0v) is 13.6. The molecule has 0 aliphatic rings. The fraction of sp³-hybridized carbons (Fsp3) is 0.0625. The Bertz CT molecular complexity index is 813. The number of carbonyl (C=O) groups is 1. The molecule has 3 rings (SSSR count). The molecule has 1 heterocycles. The van der Waals surface area contributed by atoms with Gasteiger partial charge in [0.25, 0.3) is 5.91 Å². The Balaban J connectivity index is 1.95. The smallest absolute Gasteiger partial charge is 0.265 e. The van der Waals surface area contributed by atoms with E-state index in [9.17, 15) is 4.79 Å². The summed E-state index contributed by atoms with van der Waals surface area (Å²) >= 11 is 4.89. The van der Waals surface area contributed by atoms with E-state index in [0.29, 0.717) is 10.6 Å². The summed E-state index contributed by atoms with van der Waals surface area (Å²) in [4.78, 5) is 12.9. The number of ether oxygens (including phenoxy) is 1. The summed E-state index contributed by atoms with van der Waals surface area (Å²) in [5.41, 5.74) is 0.797. The van der Waals surface area contributed by atoms with Crippen LogP contribution in [0.5, 0.6) is 5.75 Å². The minimum Gasteiger partial charge on any atom is -0.496 e. The van der Waals surface area contributed by atoms with Crippen molar-refractivity contribution in [3.63, 3.8) is 0 Å². The van der Waals surface area contributed by atoms with E-state index in [1.165, 1.54) is 11.3 Å². The third-order valence-electron chi connectivity index (χ3n) is 3.15. The van der Waals surface area contributed by atoms with Crippen LogP contribution in [0.15, 0.2) is 52.3 Å². The van der Waals surface area contributed by atoms with Gasteiger partial charge in [-0.2, -0.15) is 0 Å². The molecule has 0 saturated carbocycles. The first kappa shape index (κ1) is 14.1. The number of anilines is 1. The van der Waals surface area contributed by atoms with Gasteiger partial charge in [0.2, 0.25) is 0 Å². The molecule has 21 heavy (non-hydrogen) atoms. The fourth-order valence-electron chi connectivity index (χ4n) is 2.10. The van der Waals surface area contributed by atoms with E-state index in [1.807, 2.05) is 41.8 Å².